The van der Waals surface area contributed by atoms with E-state index in [9.17, 15) is 9.59 Å². The molecule has 1 unspecified atom stereocenters. The molecule has 0 fully saturated rings. The van der Waals surface area contributed by atoms with Gasteiger partial charge in [0.05, 0.1) is 18.2 Å². The molecule has 100 valence electrons. The Morgan fingerprint density at radius 1 is 1.42 bits per heavy atom. The topological polar surface area (TPSA) is 56.5 Å². The van der Waals surface area contributed by atoms with Crippen LogP contribution in [0.25, 0.3) is 5.76 Å². The number of hydrogen-bond acceptors (Lipinski definition) is 4. The van der Waals surface area contributed by atoms with E-state index in [-0.39, 0.29) is 18.0 Å². The fourth-order valence-electron chi connectivity index (χ4n) is 1.97. The highest BCUT2D eigenvalue weighted by Crippen LogP contribution is 2.34. The number of rotatable bonds is 4. The van der Waals surface area contributed by atoms with Crippen molar-refractivity contribution in [1.82, 2.24) is 0 Å². The molecule has 0 N–H and O–H groups in total. The van der Waals surface area contributed by atoms with Crippen molar-refractivity contribution >= 4 is 17.3 Å². The first-order chi connectivity index (χ1) is 8.90. The molecule has 2 heterocycles. The quantitative estimate of drug-likeness (QED) is 0.781. The number of carbonyl (C=O) groups excluding carboxylic acids is 2. The summed E-state index contributed by atoms with van der Waals surface area (Å²) >= 11 is 0. The second-order valence-electron chi connectivity index (χ2n) is 5.08. The van der Waals surface area contributed by atoms with E-state index in [0.29, 0.717) is 11.3 Å². The SMILES string of the molecule is CC(C)=CC(=O)CC1(C)OC(c2ccoc2)=CC1=O. The lowest BCUT2D eigenvalue weighted by atomic mass is 9.94. The van der Waals surface area contributed by atoms with E-state index in [0.717, 1.165) is 5.57 Å². The zero-order valence-corrected chi connectivity index (χ0v) is 11.2. The van der Waals surface area contributed by atoms with Crippen molar-refractivity contribution in [1.29, 1.82) is 0 Å². The average Bonchev–Trinajstić information content (AvgIpc) is 2.86. The molecule has 0 amide bonds. The van der Waals surface area contributed by atoms with E-state index in [1.165, 1.54) is 24.7 Å². The standard InChI is InChI=1S/C15H16O4/c1-10(2)6-12(16)8-15(3)14(17)7-13(19-15)11-4-5-18-9-11/h4-7,9H,8H2,1-3H3. The van der Waals surface area contributed by atoms with E-state index in [1.807, 2.05) is 13.8 Å². The van der Waals surface area contributed by atoms with Gasteiger partial charge in [-0.15, -0.1) is 0 Å². The van der Waals surface area contributed by atoms with Gasteiger partial charge in [0.15, 0.2) is 11.4 Å². The first kappa shape index (κ1) is 13.3. The maximum Gasteiger partial charge on any atom is 0.203 e. The predicted molar refractivity (Wildman–Crippen MR) is 70.2 cm³/mol. The van der Waals surface area contributed by atoms with Gasteiger partial charge in [-0.25, -0.2) is 0 Å². The molecule has 0 bridgehead atoms. The Bertz CT molecular complexity index is 559. The highest BCUT2D eigenvalue weighted by Gasteiger charge is 2.41. The van der Waals surface area contributed by atoms with Crippen LogP contribution in [0.1, 0.15) is 32.8 Å². The monoisotopic (exact) mass is 260 g/mol. The first-order valence-corrected chi connectivity index (χ1v) is 6.06. The lowest BCUT2D eigenvalue weighted by molar-refractivity contribution is -0.132. The molecule has 4 nitrogen and oxygen atoms in total. The summed E-state index contributed by atoms with van der Waals surface area (Å²) < 4.78 is 10.6. The van der Waals surface area contributed by atoms with Crippen LogP contribution >= 0.6 is 0 Å². The second kappa shape index (κ2) is 4.88. The number of carbonyl (C=O) groups is 2. The average molecular weight is 260 g/mol. The first-order valence-electron chi connectivity index (χ1n) is 6.06. The normalized spacial score (nSPS) is 21.8. The van der Waals surface area contributed by atoms with Crippen LogP contribution in [-0.4, -0.2) is 17.2 Å². The third-order valence-electron chi connectivity index (χ3n) is 2.89. The van der Waals surface area contributed by atoms with E-state index >= 15 is 0 Å². The fraction of sp³-hybridized carbons (Fsp3) is 0.333. The van der Waals surface area contributed by atoms with Crippen LogP contribution in [0, 0.1) is 0 Å². The summed E-state index contributed by atoms with van der Waals surface area (Å²) in [6, 6.07) is 1.71. The van der Waals surface area contributed by atoms with Crippen LogP contribution in [0.4, 0.5) is 0 Å². The highest BCUT2D eigenvalue weighted by molar-refractivity contribution is 6.08. The summed E-state index contributed by atoms with van der Waals surface area (Å²) in [7, 11) is 0. The van der Waals surface area contributed by atoms with Crippen LogP contribution < -0.4 is 0 Å². The van der Waals surface area contributed by atoms with Crippen molar-refractivity contribution < 1.29 is 18.7 Å². The third kappa shape index (κ3) is 2.84. The zero-order chi connectivity index (χ0) is 14.0. The molecule has 1 aliphatic heterocycles. The van der Waals surface area contributed by atoms with Gasteiger partial charge in [-0.05, 0) is 32.9 Å². The van der Waals surface area contributed by atoms with Crippen molar-refractivity contribution in [2.45, 2.75) is 32.8 Å². The van der Waals surface area contributed by atoms with Gasteiger partial charge in [0.2, 0.25) is 5.78 Å². The Labute approximate surface area is 111 Å². The number of furan rings is 1. The highest BCUT2D eigenvalue weighted by atomic mass is 16.5. The molecule has 2 rings (SSSR count). The molecular formula is C15H16O4. The van der Waals surface area contributed by atoms with E-state index in [4.69, 9.17) is 9.15 Å². The Hall–Kier alpha value is -2.10. The van der Waals surface area contributed by atoms with Crippen molar-refractivity contribution in [2.75, 3.05) is 0 Å². The van der Waals surface area contributed by atoms with Crippen LogP contribution in [0.15, 0.2) is 40.7 Å². The summed E-state index contributed by atoms with van der Waals surface area (Å²) in [5.41, 5.74) is 0.490. The van der Waals surface area contributed by atoms with Gasteiger partial charge in [0.25, 0.3) is 0 Å². The van der Waals surface area contributed by atoms with Gasteiger partial charge in [-0.3, -0.25) is 9.59 Å². The number of allylic oxidation sites excluding steroid dienone is 2. The summed E-state index contributed by atoms with van der Waals surface area (Å²) in [5, 5.41) is 0. The van der Waals surface area contributed by atoms with Crippen LogP contribution in [0.3, 0.4) is 0 Å². The van der Waals surface area contributed by atoms with Crippen molar-refractivity contribution in [3.63, 3.8) is 0 Å². The molecule has 19 heavy (non-hydrogen) atoms. The molecule has 0 spiro atoms. The minimum atomic E-state index is -1.12. The number of ketones is 2. The van der Waals surface area contributed by atoms with Crippen LogP contribution in [0.5, 0.6) is 0 Å². The van der Waals surface area contributed by atoms with Gasteiger partial charge in [0, 0.05) is 6.08 Å². The summed E-state index contributed by atoms with van der Waals surface area (Å²) in [6.07, 6.45) is 5.99. The van der Waals surface area contributed by atoms with Crippen LogP contribution in [0.2, 0.25) is 0 Å². The predicted octanol–water partition coefficient (Wildman–Crippen LogP) is 2.90. The molecule has 4 heteroatoms. The minimum Gasteiger partial charge on any atom is -0.478 e. The van der Waals surface area contributed by atoms with Gasteiger partial charge in [-0.1, -0.05) is 5.57 Å². The fourth-order valence-corrected chi connectivity index (χ4v) is 1.97. The molecular weight excluding hydrogens is 244 g/mol. The third-order valence-corrected chi connectivity index (χ3v) is 2.89. The smallest absolute Gasteiger partial charge is 0.203 e. The molecule has 1 aliphatic rings. The van der Waals surface area contributed by atoms with Crippen molar-refractivity contribution in [3.8, 4) is 0 Å². The summed E-state index contributed by atoms with van der Waals surface area (Å²) in [4.78, 5) is 23.8. The Balaban J connectivity index is 2.13. The molecule has 0 radical (unpaired) electrons. The van der Waals surface area contributed by atoms with Gasteiger partial charge < -0.3 is 9.15 Å². The molecule has 1 aromatic heterocycles. The molecule has 0 saturated carbocycles. The van der Waals surface area contributed by atoms with Gasteiger partial charge in [-0.2, -0.15) is 0 Å². The Morgan fingerprint density at radius 2 is 2.16 bits per heavy atom. The molecule has 0 aliphatic carbocycles. The van der Waals surface area contributed by atoms with Crippen molar-refractivity contribution in [3.05, 3.63) is 41.9 Å². The Morgan fingerprint density at radius 3 is 2.74 bits per heavy atom. The summed E-state index contributed by atoms with van der Waals surface area (Å²) in [6.45, 7) is 5.31. The van der Waals surface area contributed by atoms with E-state index in [2.05, 4.69) is 0 Å². The van der Waals surface area contributed by atoms with Crippen molar-refractivity contribution in [2.24, 2.45) is 0 Å². The van der Waals surface area contributed by atoms with E-state index in [1.54, 1.807) is 13.0 Å². The summed E-state index contributed by atoms with van der Waals surface area (Å²) in [5.74, 6) is 0.142. The Kier molecular flexibility index (Phi) is 3.42. The maximum atomic E-state index is 12.0. The molecule has 1 aromatic rings. The van der Waals surface area contributed by atoms with E-state index < -0.39 is 5.60 Å². The zero-order valence-electron chi connectivity index (χ0n) is 11.2. The molecule has 1 atom stereocenters. The minimum absolute atomic E-state index is 0.0366. The lowest BCUT2D eigenvalue weighted by Crippen LogP contribution is -2.35. The van der Waals surface area contributed by atoms with Gasteiger partial charge >= 0.3 is 0 Å². The van der Waals surface area contributed by atoms with Gasteiger partial charge in [0.1, 0.15) is 12.0 Å². The largest absolute Gasteiger partial charge is 0.478 e. The lowest BCUT2D eigenvalue weighted by Gasteiger charge is -2.22. The number of ether oxygens (including phenoxy) is 1. The second-order valence-corrected chi connectivity index (χ2v) is 5.08. The number of hydrogen-bond donors (Lipinski definition) is 0. The molecule has 0 aromatic carbocycles. The maximum absolute atomic E-state index is 12.0. The molecule has 0 saturated heterocycles. The van der Waals surface area contributed by atoms with Crippen LogP contribution in [-0.2, 0) is 14.3 Å².